The molecule has 0 aliphatic heterocycles. The lowest BCUT2D eigenvalue weighted by Crippen LogP contribution is -2.23. The number of halogens is 2. The number of carbonyl (C=O) groups excluding carboxylic acids is 1. The van der Waals surface area contributed by atoms with Crippen LogP contribution in [0.4, 0.5) is 10.1 Å². The molecule has 0 saturated carbocycles. The molecule has 0 bridgehead atoms. The van der Waals surface area contributed by atoms with Crippen LogP contribution in [0.25, 0.3) is 0 Å². The molecule has 0 aromatic heterocycles. The number of anilines is 1. The van der Waals surface area contributed by atoms with Crippen LogP contribution in [0.1, 0.15) is 15.9 Å². The second-order valence-corrected chi connectivity index (χ2v) is 8.45. The number of methoxy groups -OCH3 is 1. The summed E-state index contributed by atoms with van der Waals surface area (Å²) >= 11 is 5.83. The first-order chi connectivity index (χ1) is 14.3. The maximum Gasteiger partial charge on any atom is 0.258 e. The van der Waals surface area contributed by atoms with E-state index in [0.29, 0.717) is 5.02 Å². The quantitative estimate of drug-likeness (QED) is 0.566. The molecule has 0 atom stereocenters. The topological polar surface area (TPSA) is 84.5 Å². The van der Waals surface area contributed by atoms with Gasteiger partial charge in [0.05, 0.1) is 23.3 Å². The van der Waals surface area contributed by atoms with Gasteiger partial charge in [-0.25, -0.2) is 17.5 Å². The van der Waals surface area contributed by atoms with Crippen LogP contribution in [-0.2, 0) is 16.6 Å². The van der Waals surface area contributed by atoms with Gasteiger partial charge in [0.25, 0.3) is 5.91 Å². The zero-order valence-electron chi connectivity index (χ0n) is 15.9. The van der Waals surface area contributed by atoms with Gasteiger partial charge >= 0.3 is 0 Å². The van der Waals surface area contributed by atoms with Crippen LogP contribution < -0.4 is 14.8 Å². The zero-order valence-corrected chi connectivity index (χ0v) is 17.4. The number of carbonyl (C=O) groups is 1. The summed E-state index contributed by atoms with van der Waals surface area (Å²) in [5.41, 5.74) is 0.651. The first-order valence-electron chi connectivity index (χ1n) is 8.78. The lowest BCUT2D eigenvalue weighted by atomic mass is 10.2. The molecule has 156 valence electrons. The summed E-state index contributed by atoms with van der Waals surface area (Å²) in [6, 6.07) is 16.2. The Labute approximate surface area is 178 Å². The molecule has 9 heteroatoms. The van der Waals surface area contributed by atoms with E-state index in [2.05, 4.69) is 10.0 Å². The fourth-order valence-electron chi connectivity index (χ4n) is 2.65. The summed E-state index contributed by atoms with van der Waals surface area (Å²) in [6.07, 6.45) is 0. The number of nitrogens with one attached hydrogen (secondary N) is 2. The molecule has 1 amide bonds. The van der Waals surface area contributed by atoms with E-state index in [-0.39, 0.29) is 28.4 Å². The summed E-state index contributed by atoms with van der Waals surface area (Å²) in [5.74, 6) is -1.19. The van der Waals surface area contributed by atoms with Crippen molar-refractivity contribution in [2.24, 2.45) is 0 Å². The number of rotatable bonds is 7. The fraction of sp³-hybridized carbons (Fsp3) is 0.0952. The Balaban J connectivity index is 1.83. The maximum absolute atomic E-state index is 13.9. The van der Waals surface area contributed by atoms with E-state index in [4.69, 9.17) is 16.3 Å². The zero-order chi connectivity index (χ0) is 21.7. The minimum atomic E-state index is -3.89. The van der Waals surface area contributed by atoms with Crippen molar-refractivity contribution in [3.05, 3.63) is 88.7 Å². The molecular formula is C21H18ClFN2O4S. The van der Waals surface area contributed by atoms with Crippen molar-refractivity contribution in [3.8, 4) is 5.75 Å². The first kappa shape index (κ1) is 21.8. The van der Waals surface area contributed by atoms with Gasteiger partial charge in [0.1, 0.15) is 11.6 Å². The molecule has 3 aromatic rings. The van der Waals surface area contributed by atoms with E-state index in [1.54, 1.807) is 24.3 Å². The molecule has 2 N–H and O–H groups in total. The van der Waals surface area contributed by atoms with Crippen LogP contribution in [0.5, 0.6) is 5.75 Å². The average Bonchev–Trinajstić information content (AvgIpc) is 2.73. The Hall–Kier alpha value is -2.94. The number of hydrogen-bond acceptors (Lipinski definition) is 4. The predicted molar refractivity (Wildman–Crippen MR) is 113 cm³/mol. The number of ether oxygens (including phenoxy) is 1. The van der Waals surface area contributed by atoms with E-state index in [0.717, 1.165) is 11.6 Å². The molecule has 0 radical (unpaired) electrons. The first-order valence-corrected chi connectivity index (χ1v) is 10.6. The molecule has 0 aliphatic rings. The molecule has 0 aliphatic carbocycles. The van der Waals surface area contributed by atoms with Crippen molar-refractivity contribution in [3.63, 3.8) is 0 Å². The summed E-state index contributed by atoms with van der Waals surface area (Å²) < 4.78 is 46.9. The Kier molecular flexibility index (Phi) is 6.71. The van der Waals surface area contributed by atoms with Gasteiger partial charge < -0.3 is 10.1 Å². The van der Waals surface area contributed by atoms with Crippen molar-refractivity contribution in [2.45, 2.75) is 11.4 Å². The smallest absolute Gasteiger partial charge is 0.258 e. The van der Waals surface area contributed by atoms with Gasteiger partial charge in [-0.05, 0) is 48.0 Å². The number of benzene rings is 3. The van der Waals surface area contributed by atoms with Crippen molar-refractivity contribution in [1.29, 1.82) is 0 Å². The van der Waals surface area contributed by atoms with Crippen molar-refractivity contribution in [2.75, 3.05) is 12.4 Å². The minimum absolute atomic E-state index is 0.0580. The molecule has 0 fully saturated rings. The molecule has 0 heterocycles. The third-order valence-corrected chi connectivity index (χ3v) is 5.88. The monoisotopic (exact) mass is 448 g/mol. The molecule has 3 rings (SSSR count). The van der Waals surface area contributed by atoms with Crippen LogP contribution >= 0.6 is 11.6 Å². The highest BCUT2D eigenvalue weighted by atomic mass is 35.5. The van der Waals surface area contributed by atoms with Crippen molar-refractivity contribution >= 4 is 33.2 Å². The molecule has 0 spiro atoms. The van der Waals surface area contributed by atoms with Gasteiger partial charge in [-0.15, -0.1) is 0 Å². The number of amides is 1. The van der Waals surface area contributed by atoms with Gasteiger partial charge in [-0.2, -0.15) is 0 Å². The summed E-state index contributed by atoms with van der Waals surface area (Å²) in [4.78, 5) is 12.3. The molecule has 6 nitrogen and oxygen atoms in total. The third kappa shape index (κ3) is 5.15. The van der Waals surface area contributed by atoms with Crippen LogP contribution in [-0.4, -0.2) is 21.4 Å². The Morgan fingerprint density at radius 1 is 1.07 bits per heavy atom. The van der Waals surface area contributed by atoms with Crippen LogP contribution in [0.2, 0.25) is 5.02 Å². The lowest BCUT2D eigenvalue weighted by molar-refractivity contribution is 0.102. The van der Waals surface area contributed by atoms with Gasteiger partial charge in [-0.1, -0.05) is 35.9 Å². The second-order valence-electron chi connectivity index (χ2n) is 6.25. The second kappa shape index (κ2) is 9.25. The van der Waals surface area contributed by atoms with Crippen LogP contribution in [0.15, 0.2) is 71.6 Å². The van der Waals surface area contributed by atoms with Crippen LogP contribution in [0.3, 0.4) is 0 Å². The Bertz CT molecular complexity index is 1170. The molecule has 3 aromatic carbocycles. The molecule has 0 unspecified atom stereocenters. The largest absolute Gasteiger partial charge is 0.495 e. The van der Waals surface area contributed by atoms with Gasteiger partial charge in [-0.3, -0.25) is 4.79 Å². The van der Waals surface area contributed by atoms with E-state index in [9.17, 15) is 17.6 Å². The predicted octanol–water partition coefficient (Wildman–Crippen LogP) is 4.22. The Morgan fingerprint density at radius 2 is 1.77 bits per heavy atom. The molecular weight excluding hydrogens is 431 g/mol. The SMILES string of the molecule is COc1ccc(S(=O)(=O)NCc2ccc(Cl)cc2)cc1NC(=O)c1ccccc1F. The van der Waals surface area contributed by atoms with Gasteiger partial charge in [0, 0.05) is 11.6 Å². The minimum Gasteiger partial charge on any atom is -0.495 e. The highest BCUT2D eigenvalue weighted by molar-refractivity contribution is 7.89. The van der Waals surface area contributed by atoms with E-state index in [1.165, 1.54) is 43.5 Å². The van der Waals surface area contributed by atoms with Gasteiger partial charge in [0.15, 0.2) is 0 Å². The normalized spacial score (nSPS) is 11.2. The fourth-order valence-corrected chi connectivity index (χ4v) is 3.82. The summed E-state index contributed by atoms with van der Waals surface area (Å²) in [7, 11) is -2.51. The Morgan fingerprint density at radius 3 is 2.43 bits per heavy atom. The van der Waals surface area contributed by atoms with E-state index < -0.39 is 21.7 Å². The lowest BCUT2D eigenvalue weighted by Gasteiger charge is -2.13. The highest BCUT2D eigenvalue weighted by Gasteiger charge is 2.19. The number of sulfonamides is 1. The van der Waals surface area contributed by atoms with Crippen molar-refractivity contribution < 1.29 is 22.3 Å². The van der Waals surface area contributed by atoms with Crippen LogP contribution in [0, 0.1) is 5.82 Å². The van der Waals surface area contributed by atoms with Gasteiger partial charge in [0.2, 0.25) is 10.0 Å². The van der Waals surface area contributed by atoms with E-state index in [1.807, 2.05) is 0 Å². The van der Waals surface area contributed by atoms with E-state index >= 15 is 0 Å². The number of hydrogen-bond donors (Lipinski definition) is 2. The summed E-state index contributed by atoms with van der Waals surface area (Å²) in [6.45, 7) is 0.0580. The maximum atomic E-state index is 13.9. The molecule has 0 saturated heterocycles. The molecule has 30 heavy (non-hydrogen) atoms. The third-order valence-electron chi connectivity index (χ3n) is 4.23. The standard InChI is InChI=1S/C21H18ClFN2O4S/c1-29-20-11-10-16(30(27,28)24-13-14-6-8-15(22)9-7-14)12-19(20)25-21(26)17-4-2-3-5-18(17)23/h2-12,24H,13H2,1H3,(H,25,26). The summed E-state index contributed by atoms with van der Waals surface area (Å²) in [5, 5.41) is 3.05. The van der Waals surface area contributed by atoms with Crippen molar-refractivity contribution in [1.82, 2.24) is 4.72 Å². The average molecular weight is 449 g/mol. The highest BCUT2D eigenvalue weighted by Crippen LogP contribution is 2.28.